The Morgan fingerprint density at radius 1 is 1.27 bits per heavy atom. The fraction of sp³-hybridized carbons (Fsp3) is 0. The highest BCUT2D eigenvalue weighted by atomic mass is 35.5. The Bertz CT molecular complexity index is 307. The van der Waals surface area contributed by atoms with Crippen molar-refractivity contribution in [1.29, 1.82) is 0 Å². The van der Waals surface area contributed by atoms with Gasteiger partial charge in [0.15, 0.2) is 0 Å². The van der Waals surface area contributed by atoms with Crippen LogP contribution in [0.25, 0.3) is 4.85 Å². The molecule has 0 saturated heterocycles. The number of nitrogens with zero attached hydrogens (tertiary/aromatic N) is 1. The molecular weight excluding hydrogens is 172 g/mol. The van der Waals surface area contributed by atoms with E-state index < -0.39 is 17.3 Å². The van der Waals surface area contributed by atoms with Crippen molar-refractivity contribution in [2.45, 2.75) is 0 Å². The Hall–Kier alpha value is -1.14. The maximum Gasteiger partial charge on any atom is 0.256 e. The molecule has 1 aromatic carbocycles. The van der Waals surface area contributed by atoms with Crippen molar-refractivity contribution in [2.75, 3.05) is 0 Å². The normalized spacial score (nSPS) is 9.27. The van der Waals surface area contributed by atoms with E-state index in [2.05, 4.69) is 4.85 Å². The maximum absolute atomic E-state index is 12.6. The van der Waals surface area contributed by atoms with E-state index in [1.165, 1.54) is 0 Å². The van der Waals surface area contributed by atoms with Gasteiger partial charge in [0, 0.05) is 5.02 Å². The lowest BCUT2D eigenvalue weighted by Crippen LogP contribution is -1.80. The molecule has 0 bridgehead atoms. The van der Waals surface area contributed by atoms with Gasteiger partial charge in [-0.25, -0.2) is 13.6 Å². The summed E-state index contributed by atoms with van der Waals surface area (Å²) >= 11 is 5.30. The second kappa shape index (κ2) is 2.85. The van der Waals surface area contributed by atoms with Crippen LogP contribution in [0.15, 0.2) is 12.1 Å². The molecule has 4 heteroatoms. The van der Waals surface area contributed by atoms with Gasteiger partial charge in [0.2, 0.25) is 0 Å². The molecule has 0 saturated carbocycles. The monoisotopic (exact) mass is 173 g/mol. The average Bonchev–Trinajstić information content (AvgIpc) is 1.85. The minimum atomic E-state index is -0.926. The SMILES string of the molecule is [C-]#[N+]c1c(F)cc(Cl)cc1F. The van der Waals surface area contributed by atoms with Crippen LogP contribution in [0.2, 0.25) is 5.02 Å². The van der Waals surface area contributed by atoms with Gasteiger partial charge in [-0.15, -0.1) is 0 Å². The van der Waals surface area contributed by atoms with Gasteiger partial charge in [-0.05, 0) is 12.1 Å². The molecule has 56 valence electrons. The molecule has 0 aliphatic carbocycles. The van der Waals surface area contributed by atoms with E-state index in [-0.39, 0.29) is 5.02 Å². The largest absolute Gasteiger partial charge is 0.256 e. The quantitative estimate of drug-likeness (QED) is 0.531. The molecule has 0 aliphatic rings. The van der Waals surface area contributed by atoms with Gasteiger partial charge in [-0.1, -0.05) is 11.6 Å². The lowest BCUT2D eigenvalue weighted by Gasteiger charge is -1.95. The Morgan fingerprint density at radius 3 is 2.09 bits per heavy atom. The summed E-state index contributed by atoms with van der Waals surface area (Å²) < 4.78 is 25.1. The Kier molecular flexibility index (Phi) is 2.06. The first-order valence-electron chi connectivity index (χ1n) is 2.67. The van der Waals surface area contributed by atoms with Crippen LogP contribution in [0.3, 0.4) is 0 Å². The summed E-state index contributed by atoms with van der Waals surface area (Å²) in [5, 5.41) is -0.0487. The van der Waals surface area contributed by atoms with Crippen LogP contribution in [-0.2, 0) is 0 Å². The zero-order chi connectivity index (χ0) is 8.43. The molecule has 0 fully saturated rings. The van der Waals surface area contributed by atoms with Crippen LogP contribution in [0, 0.1) is 18.2 Å². The number of benzene rings is 1. The lowest BCUT2D eigenvalue weighted by molar-refractivity contribution is 0.594. The zero-order valence-electron chi connectivity index (χ0n) is 5.24. The van der Waals surface area contributed by atoms with Gasteiger partial charge in [-0.2, -0.15) is 0 Å². The summed E-state index contributed by atoms with van der Waals surface area (Å²) in [6.45, 7) is 6.40. The maximum atomic E-state index is 12.6. The van der Waals surface area contributed by atoms with Crippen LogP contribution >= 0.6 is 11.6 Å². The van der Waals surface area contributed by atoms with Crippen molar-refractivity contribution in [1.82, 2.24) is 0 Å². The topological polar surface area (TPSA) is 4.36 Å². The highest BCUT2D eigenvalue weighted by Crippen LogP contribution is 2.25. The third kappa shape index (κ3) is 1.47. The molecule has 0 heterocycles. The van der Waals surface area contributed by atoms with Crippen molar-refractivity contribution in [2.24, 2.45) is 0 Å². The van der Waals surface area contributed by atoms with Crippen LogP contribution in [-0.4, -0.2) is 0 Å². The van der Waals surface area contributed by atoms with Crippen LogP contribution in [0.1, 0.15) is 0 Å². The van der Waals surface area contributed by atoms with E-state index in [1.807, 2.05) is 0 Å². The molecular formula is C7H2ClF2N. The van der Waals surface area contributed by atoms with Gasteiger partial charge >= 0.3 is 0 Å². The minimum absolute atomic E-state index is 0.0487. The first-order chi connectivity index (χ1) is 5.15. The molecule has 11 heavy (non-hydrogen) atoms. The van der Waals surface area contributed by atoms with Crippen LogP contribution < -0.4 is 0 Å². The third-order valence-corrected chi connectivity index (χ3v) is 1.31. The molecule has 0 unspecified atom stereocenters. The Morgan fingerprint density at radius 2 is 1.73 bits per heavy atom. The van der Waals surface area contributed by atoms with Crippen LogP contribution in [0.5, 0.6) is 0 Å². The Labute approximate surface area is 67.0 Å². The number of halogens is 3. The highest BCUT2D eigenvalue weighted by molar-refractivity contribution is 6.30. The Balaban J connectivity index is 3.40. The van der Waals surface area contributed by atoms with Crippen molar-refractivity contribution in [3.63, 3.8) is 0 Å². The number of hydrogen-bond acceptors (Lipinski definition) is 0. The van der Waals surface area contributed by atoms with E-state index in [4.69, 9.17) is 18.2 Å². The summed E-state index contributed by atoms with van der Waals surface area (Å²) in [6, 6.07) is 1.80. The summed E-state index contributed by atoms with van der Waals surface area (Å²) in [4.78, 5) is 2.65. The predicted octanol–water partition coefficient (Wildman–Crippen LogP) is 3.17. The number of rotatable bonds is 0. The molecule has 1 rings (SSSR count). The van der Waals surface area contributed by atoms with E-state index in [0.717, 1.165) is 12.1 Å². The molecule has 1 aromatic rings. The van der Waals surface area contributed by atoms with E-state index in [9.17, 15) is 8.78 Å². The molecule has 0 aliphatic heterocycles. The van der Waals surface area contributed by atoms with E-state index in [0.29, 0.717) is 0 Å². The van der Waals surface area contributed by atoms with Crippen molar-refractivity contribution >= 4 is 17.3 Å². The summed E-state index contributed by atoms with van der Waals surface area (Å²) in [6.07, 6.45) is 0. The molecule has 0 aromatic heterocycles. The van der Waals surface area contributed by atoms with Crippen molar-refractivity contribution in [3.05, 3.63) is 40.2 Å². The first kappa shape index (κ1) is 7.96. The van der Waals surface area contributed by atoms with Crippen LogP contribution in [0.4, 0.5) is 14.5 Å². The second-order valence-corrected chi connectivity index (χ2v) is 2.27. The fourth-order valence-corrected chi connectivity index (χ4v) is 0.833. The van der Waals surface area contributed by atoms with Gasteiger partial charge in [0.05, 0.1) is 6.57 Å². The minimum Gasteiger partial charge on any atom is -0.232 e. The summed E-state index contributed by atoms with van der Waals surface area (Å²) in [7, 11) is 0. The molecule has 0 spiro atoms. The average molecular weight is 174 g/mol. The standard InChI is InChI=1S/C7H2ClF2N/c1-11-7-5(9)2-4(8)3-6(7)10/h2-3H. The smallest absolute Gasteiger partial charge is 0.232 e. The number of hydrogen-bond donors (Lipinski definition) is 0. The molecule has 1 nitrogen and oxygen atoms in total. The molecule has 0 amide bonds. The summed E-state index contributed by atoms with van der Waals surface area (Å²) in [5.41, 5.74) is -0.616. The zero-order valence-corrected chi connectivity index (χ0v) is 5.99. The van der Waals surface area contributed by atoms with Gasteiger partial charge in [0.25, 0.3) is 5.69 Å². The van der Waals surface area contributed by atoms with E-state index >= 15 is 0 Å². The van der Waals surface area contributed by atoms with E-state index in [1.54, 1.807) is 0 Å². The van der Waals surface area contributed by atoms with Crippen molar-refractivity contribution < 1.29 is 8.78 Å². The second-order valence-electron chi connectivity index (χ2n) is 1.83. The van der Waals surface area contributed by atoms with Gasteiger partial charge in [0.1, 0.15) is 11.6 Å². The lowest BCUT2D eigenvalue weighted by atomic mass is 10.3. The predicted molar refractivity (Wildman–Crippen MR) is 37.6 cm³/mol. The van der Waals surface area contributed by atoms with Crippen molar-refractivity contribution in [3.8, 4) is 0 Å². The van der Waals surface area contributed by atoms with Gasteiger partial charge < -0.3 is 0 Å². The first-order valence-corrected chi connectivity index (χ1v) is 3.05. The van der Waals surface area contributed by atoms with Gasteiger partial charge in [-0.3, -0.25) is 0 Å². The summed E-state index contributed by atoms with van der Waals surface area (Å²) in [5.74, 6) is -1.85. The molecule has 0 N–H and O–H groups in total. The molecule has 0 radical (unpaired) electrons. The fourth-order valence-electron chi connectivity index (χ4n) is 0.641. The molecule has 0 atom stereocenters. The highest BCUT2D eigenvalue weighted by Gasteiger charge is 2.09. The third-order valence-electron chi connectivity index (χ3n) is 1.09.